The molecule has 0 spiro atoms. The molecule has 1 aliphatic heterocycles. The molecule has 0 unspecified atom stereocenters. The van der Waals surface area contributed by atoms with Gasteiger partial charge in [-0.25, -0.2) is 0 Å². The standard InChI is InChI=1S/C18H20N4O2/c1-2-24-18(23)15-7-9-22(10-8-15)17-5-3-16(4-6-17)21-13-14(11-19)12-20/h3-6,13,15,21H,2,7-10H2,1H3. The van der Waals surface area contributed by atoms with E-state index in [4.69, 9.17) is 15.3 Å². The van der Waals surface area contributed by atoms with Gasteiger partial charge in [-0.2, -0.15) is 10.5 Å². The Morgan fingerprint density at radius 3 is 2.46 bits per heavy atom. The van der Waals surface area contributed by atoms with Crippen LogP contribution in [0.25, 0.3) is 0 Å². The summed E-state index contributed by atoms with van der Waals surface area (Å²) in [5.41, 5.74) is 1.93. The molecule has 2 rings (SSSR count). The molecule has 0 radical (unpaired) electrons. The average Bonchev–Trinajstić information content (AvgIpc) is 2.63. The molecule has 0 amide bonds. The summed E-state index contributed by atoms with van der Waals surface area (Å²) < 4.78 is 5.09. The molecule has 124 valence electrons. The van der Waals surface area contributed by atoms with Crippen LogP contribution in [0.15, 0.2) is 36.0 Å². The van der Waals surface area contributed by atoms with Crippen molar-refractivity contribution >= 4 is 17.3 Å². The number of anilines is 2. The Morgan fingerprint density at radius 1 is 1.29 bits per heavy atom. The summed E-state index contributed by atoms with van der Waals surface area (Å²) in [6.07, 6.45) is 2.99. The van der Waals surface area contributed by atoms with E-state index in [0.717, 1.165) is 37.3 Å². The van der Waals surface area contributed by atoms with Gasteiger partial charge in [-0.05, 0) is 44.0 Å². The molecule has 0 saturated carbocycles. The fraction of sp³-hybridized carbons (Fsp3) is 0.389. The number of piperidine rings is 1. The number of carbonyl (C=O) groups is 1. The first-order valence-corrected chi connectivity index (χ1v) is 7.96. The van der Waals surface area contributed by atoms with Gasteiger partial charge >= 0.3 is 5.97 Å². The molecule has 0 atom stereocenters. The molecule has 0 bridgehead atoms. The molecule has 1 aromatic rings. The highest BCUT2D eigenvalue weighted by atomic mass is 16.5. The van der Waals surface area contributed by atoms with Crippen LogP contribution < -0.4 is 10.2 Å². The van der Waals surface area contributed by atoms with Crippen LogP contribution in [0.2, 0.25) is 0 Å². The number of carbonyl (C=O) groups excluding carboxylic acids is 1. The van der Waals surface area contributed by atoms with Crippen molar-refractivity contribution in [1.29, 1.82) is 10.5 Å². The van der Waals surface area contributed by atoms with Gasteiger partial charge in [0, 0.05) is 30.7 Å². The molecule has 1 saturated heterocycles. The van der Waals surface area contributed by atoms with Crippen molar-refractivity contribution in [2.45, 2.75) is 19.8 Å². The van der Waals surface area contributed by atoms with Crippen LogP contribution in [0, 0.1) is 28.6 Å². The summed E-state index contributed by atoms with van der Waals surface area (Å²) in [5, 5.41) is 20.3. The monoisotopic (exact) mass is 324 g/mol. The summed E-state index contributed by atoms with van der Waals surface area (Å²) in [6.45, 7) is 3.90. The molecule has 1 N–H and O–H groups in total. The second-order valence-electron chi connectivity index (χ2n) is 5.49. The second kappa shape index (κ2) is 8.59. The minimum absolute atomic E-state index is 0.00246. The molecule has 1 fully saturated rings. The number of hydrogen-bond donors (Lipinski definition) is 1. The summed E-state index contributed by atoms with van der Waals surface area (Å²) in [5.74, 6) is -0.0862. The van der Waals surface area contributed by atoms with E-state index in [1.807, 2.05) is 31.2 Å². The summed E-state index contributed by atoms with van der Waals surface area (Å²) >= 11 is 0. The second-order valence-corrected chi connectivity index (χ2v) is 5.49. The van der Waals surface area contributed by atoms with Crippen LogP contribution in [0.1, 0.15) is 19.8 Å². The minimum atomic E-state index is -0.0886. The van der Waals surface area contributed by atoms with E-state index < -0.39 is 0 Å². The lowest BCUT2D eigenvalue weighted by atomic mass is 9.96. The van der Waals surface area contributed by atoms with Gasteiger partial charge in [-0.1, -0.05) is 0 Å². The van der Waals surface area contributed by atoms with Crippen LogP contribution in [0.4, 0.5) is 11.4 Å². The average molecular weight is 324 g/mol. The van der Waals surface area contributed by atoms with Gasteiger partial charge in [-0.3, -0.25) is 4.79 Å². The Bertz CT molecular complexity index is 658. The van der Waals surface area contributed by atoms with E-state index in [1.165, 1.54) is 6.20 Å². The van der Waals surface area contributed by atoms with E-state index in [0.29, 0.717) is 6.61 Å². The Balaban J connectivity index is 1.91. The van der Waals surface area contributed by atoms with E-state index in [-0.39, 0.29) is 17.5 Å². The first-order valence-electron chi connectivity index (χ1n) is 7.96. The van der Waals surface area contributed by atoms with Gasteiger partial charge < -0.3 is 15.0 Å². The number of nitrogens with zero attached hydrogens (tertiary/aromatic N) is 3. The quantitative estimate of drug-likeness (QED) is 0.662. The minimum Gasteiger partial charge on any atom is -0.466 e. The fourth-order valence-electron chi connectivity index (χ4n) is 2.65. The zero-order valence-corrected chi connectivity index (χ0v) is 13.7. The molecule has 6 heteroatoms. The van der Waals surface area contributed by atoms with Crippen molar-refractivity contribution in [2.24, 2.45) is 5.92 Å². The van der Waals surface area contributed by atoms with Crippen LogP contribution in [0.5, 0.6) is 0 Å². The number of nitriles is 2. The molecule has 1 aromatic carbocycles. The third kappa shape index (κ3) is 4.50. The number of ether oxygens (including phenoxy) is 1. The van der Waals surface area contributed by atoms with E-state index >= 15 is 0 Å². The molecule has 6 nitrogen and oxygen atoms in total. The molecular weight excluding hydrogens is 304 g/mol. The zero-order chi connectivity index (χ0) is 17.4. The van der Waals surface area contributed by atoms with Gasteiger partial charge in [0.2, 0.25) is 0 Å². The normalized spacial score (nSPS) is 14.2. The number of esters is 1. The number of rotatable bonds is 5. The summed E-state index contributed by atoms with van der Waals surface area (Å²) in [7, 11) is 0. The first kappa shape index (κ1) is 17.4. The van der Waals surface area contributed by atoms with Crippen molar-refractivity contribution in [3.63, 3.8) is 0 Å². The van der Waals surface area contributed by atoms with Crippen molar-refractivity contribution in [1.82, 2.24) is 0 Å². The van der Waals surface area contributed by atoms with Crippen LogP contribution in [0.3, 0.4) is 0 Å². The van der Waals surface area contributed by atoms with E-state index in [9.17, 15) is 4.79 Å². The highest BCUT2D eigenvalue weighted by molar-refractivity contribution is 5.73. The molecule has 1 aliphatic rings. The predicted molar refractivity (Wildman–Crippen MR) is 90.9 cm³/mol. The predicted octanol–water partition coefficient (Wildman–Crippen LogP) is 2.81. The SMILES string of the molecule is CCOC(=O)C1CCN(c2ccc(NC=C(C#N)C#N)cc2)CC1. The third-order valence-electron chi connectivity index (χ3n) is 3.97. The third-order valence-corrected chi connectivity index (χ3v) is 3.97. The lowest BCUT2D eigenvalue weighted by Crippen LogP contribution is -2.36. The van der Waals surface area contributed by atoms with Crippen LogP contribution in [-0.2, 0) is 9.53 Å². The molecule has 0 aliphatic carbocycles. The molecule has 24 heavy (non-hydrogen) atoms. The van der Waals surface area contributed by atoms with Crippen molar-refractivity contribution in [3.8, 4) is 12.1 Å². The number of benzene rings is 1. The number of allylic oxidation sites excluding steroid dienone is 1. The lowest BCUT2D eigenvalue weighted by molar-refractivity contribution is -0.148. The highest BCUT2D eigenvalue weighted by Gasteiger charge is 2.25. The van der Waals surface area contributed by atoms with Gasteiger partial charge in [0.05, 0.1) is 12.5 Å². The zero-order valence-electron chi connectivity index (χ0n) is 13.7. The topological polar surface area (TPSA) is 89.2 Å². The Labute approximate surface area is 141 Å². The number of hydrogen-bond acceptors (Lipinski definition) is 6. The number of nitrogens with one attached hydrogen (secondary N) is 1. The largest absolute Gasteiger partial charge is 0.466 e. The molecule has 1 heterocycles. The Morgan fingerprint density at radius 2 is 1.92 bits per heavy atom. The summed E-state index contributed by atoms with van der Waals surface area (Å²) in [4.78, 5) is 14.0. The van der Waals surface area contributed by atoms with Crippen molar-refractivity contribution in [2.75, 3.05) is 29.9 Å². The molecular formula is C18H20N4O2. The maximum Gasteiger partial charge on any atom is 0.309 e. The Hall–Kier alpha value is -2.99. The fourth-order valence-corrected chi connectivity index (χ4v) is 2.65. The van der Waals surface area contributed by atoms with Gasteiger partial charge in [0.25, 0.3) is 0 Å². The smallest absolute Gasteiger partial charge is 0.309 e. The summed E-state index contributed by atoms with van der Waals surface area (Å²) in [6, 6.07) is 11.4. The lowest BCUT2D eigenvalue weighted by Gasteiger charge is -2.32. The van der Waals surface area contributed by atoms with Crippen molar-refractivity contribution in [3.05, 3.63) is 36.0 Å². The first-order chi connectivity index (χ1) is 11.7. The maximum absolute atomic E-state index is 11.8. The van der Waals surface area contributed by atoms with Gasteiger partial charge in [0.1, 0.15) is 17.7 Å². The van der Waals surface area contributed by atoms with Gasteiger partial charge in [0.15, 0.2) is 0 Å². The highest BCUT2D eigenvalue weighted by Crippen LogP contribution is 2.25. The van der Waals surface area contributed by atoms with Crippen LogP contribution >= 0.6 is 0 Å². The van der Waals surface area contributed by atoms with E-state index in [1.54, 1.807) is 12.1 Å². The van der Waals surface area contributed by atoms with Crippen LogP contribution in [-0.4, -0.2) is 25.7 Å². The Kier molecular flexibility index (Phi) is 6.22. The van der Waals surface area contributed by atoms with Gasteiger partial charge in [-0.15, -0.1) is 0 Å². The maximum atomic E-state index is 11.8. The van der Waals surface area contributed by atoms with Crippen molar-refractivity contribution < 1.29 is 9.53 Å². The van der Waals surface area contributed by atoms with E-state index in [2.05, 4.69) is 10.2 Å². The molecule has 0 aromatic heterocycles.